The third kappa shape index (κ3) is 3.31. The lowest BCUT2D eigenvalue weighted by atomic mass is 10.2. The van der Waals surface area contributed by atoms with Crippen molar-refractivity contribution >= 4 is 11.3 Å². The SMILES string of the molecule is CCCNCc1nc(-c2cncc(F)c2)cs1. The Balaban J connectivity index is 2.07. The number of hydrogen-bond acceptors (Lipinski definition) is 4. The van der Waals surface area contributed by atoms with E-state index in [4.69, 9.17) is 0 Å². The van der Waals surface area contributed by atoms with Gasteiger partial charge in [0.05, 0.1) is 11.9 Å². The van der Waals surface area contributed by atoms with Crippen LogP contribution in [0.4, 0.5) is 4.39 Å². The predicted molar refractivity (Wildman–Crippen MR) is 67.3 cm³/mol. The van der Waals surface area contributed by atoms with Crippen LogP contribution in [0.1, 0.15) is 18.4 Å². The molecule has 0 aliphatic carbocycles. The summed E-state index contributed by atoms with van der Waals surface area (Å²) in [4.78, 5) is 8.26. The maximum atomic E-state index is 13.0. The number of nitrogens with one attached hydrogen (secondary N) is 1. The maximum absolute atomic E-state index is 13.0. The monoisotopic (exact) mass is 251 g/mol. The third-order valence-corrected chi connectivity index (χ3v) is 3.10. The predicted octanol–water partition coefficient (Wildman–Crippen LogP) is 2.84. The van der Waals surface area contributed by atoms with Gasteiger partial charge in [-0.05, 0) is 19.0 Å². The van der Waals surface area contributed by atoms with Crippen molar-refractivity contribution in [3.63, 3.8) is 0 Å². The van der Waals surface area contributed by atoms with Crippen molar-refractivity contribution in [2.45, 2.75) is 19.9 Å². The minimum absolute atomic E-state index is 0.332. The van der Waals surface area contributed by atoms with Crippen molar-refractivity contribution in [2.24, 2.45) is 0 Å². The smallest absolute Gasteiger partial charge is 0.142 e. The van der Waals surface area contributed by atoms with Crippen molar-refractivity contribution in [3.05, 3.63) is 34.7 Å². The Hall–Kier alpha value is -1.33. The van der Waals surface area contributed by atoms with Crippen LogP contribution in [0.2, 0.25) is 0 Å². The van der Waals surface area contributed by atoms with Gasteiger partial charge in [-0.3, -0.25) is 4.98 Å². The molecule has 0 saturated carbocycles. The van der Waals surface area contributed by atoms with E-state index in [-0.39, 0.29) is 5.82 Å². The molecule has 90 valence electrons. The van der Waals surface area contributed by atoms with Gasteiger partial charge >= 0.3 is 0 Å². The van der Waals surface area contributed by atoms with Crippen LogP contribution in [-0.2, 0) is 6.54 Å². The molecule has 0 fully saturated rings. The second kappa shape index (κ2) is 5.84. The fourth-order valence-corrected chi connectivity index (χ4v) is 2.22. The van der Waals surface area contributed by atoms with Gasteiger partial charge in [0, 0.05) is 23.7 Å². The number of thiazole rings is 1. The Kier molecular flexibility index (Phi) is 4.17. The van der Waals surface area contributed by atoms with Crippen LogP contribution in [0, 0.1) is 5.82 Å². The molecule has 2 aromatic rings. The van der Waals surface area contributed by atoms with Crippen LogP contribution < -0.4 is 5.32 Å². The van der Waals surface area contributed by atoms with Gasteiger partial charge in [-0.25, -0.2) is 9.37 Å². The summed E-state index contributed by atoms with van der Waals surface area (Å²) in [7, 11) is 0. The lowest BCUT2D eigenvalue weighted by Gasteiger charge is -1.98. The summed E-state index contributed by atoms with van der Waals surface area (Å²) in [5, 5.41) is 6.23. The van der Waals surface area contributed by atoms with E-state index < -0.39 is 0 Å². The number of hydrogen-bond donors (Lipinski definition) is 1. The van der Waals surface area contributed by atoms with Crippen LogP contribution >= 0.6 is 11.3 Å². The van der Waals surface area contributed by atoms with Crippen LogP contribution in [0.5, 0.6) is 0 Å². The fraction of sp³-hybridized carbons (Fsp3) is 0.333. The van der Waals surface area contributed by atoms with Crippen molar-refractivity contribution in [1.82, 2.24) is 15.3 Å². The molecule has 2 rings (SSSR count). The Morgan fingerprint density at radius 2 is 2.29 bits per heavy atom. The fourth-order valence-electron chi connectivity index (χ4n) is 1.45. The van der Waals surface area contributed by atoms with E-state index in [1.54, 1.807) is 17.5 Å². The molecule has 0 aliphatic heterocycles. The number of halogens is 1. The maximum Gasteiger partial charge on any atom is 0.142 e. The summed E-state index contributed by atoms with van der Waals surface area (Å²) in [5.74, 6) is -0.332. The molecule has 0 amide bonds. The minimum Gasteiger partial charge on any atom is -0.310 e. The summed E-state index contributed by atoms with van der Waals surface area (Å²) in [6, 6.07) is 1.45. The van der Waals surface area contributed by atoms with Crippen LogP contribution in [0.3, 0.4) is 0 Å². The zero-order valence-corrected chi connectivity index (χ0v) is 10.4. The highest BCUT2D eigenvalue weighted by molar-refractivity contribution is 7.09. The highest BCUT2D eigenvalue weighted by Gasteiger charge is 2.05. The zero-order valence-electron chi connectivity index (χ0n) is 9.61. The second-order valence-corrected chi connectivity index (χ2v) is 4.64. The van der Waals surface area contributed by atoms with Gasteiger partial charge in [-0.1, -0.05) is 6.92 Å². The summed E-state index contributed by atoms with van der Waals surface area (Å²) >= 11 is 1.58. The van der Waals surface area contributed by atoms with E-state index in [0.29, 0.717) is 0 Å². The van der Waals surface area contributed by atoms with E-state index in [1.807, 2.05) is 5.38 Å². The average Bonchev–Trinajstić information content (AvgIpc) is 2.78. The summed E-state index contributed by atoms with van der Waals surface area (Å²) < 4.78 is 13.0. The normalized spacial score (nSPS) is 10.7. The molecule has 2 aromatic heterocycles. The summed E-state index contributed by atoms with van der Waals surface area (Å²) in [5.41, 5.74) is 1.51. The lowest BCUT2D eigenvalue weighted by molar-refractivity contribution is 0.622. The molecule has 3 nitrogen and oxygen atoms in total. The summed E-state index contributed by atoms with van der Waals surface area (Å²) in [6.07, 6.45) is 3.92. The van der Waals surface area contributed by atoms with Crippen LogP contribution in [0.15, 0.2) is 23.8 Å². The Morgan fingerprint density at radius 3 is 3.06 bits per heavy atom. The first-order chi connectivity index (χ1) is 8.29. The number of aromatic nitrogens is 2. The van der Waals surface area contributed by atoms with Gasteiger partial charge < -0.3 is 5.32 Å². The van der Waals surface area contributed by atoms with Crippen molar-refractivity contribution in [1.29, 1.82) is 0 Å². The van der Waals surface area contributed by atoms with Crippen molar-refractivity contribution in [3.8, 4) is 11.3 Å². The molecular formula is C12H14FN3S. The Labute approximate surface area is 104 Å². The topological polar surface area (TPSA) is 37.8 Å². The standard InChI is InChI=1S/C12H14FN3S/c1-2-3-14-7-12-16-11(8-17-12)9-4-10(13)6-15-5-9/h4-6,8,14H,2-3,7H2,1H3. The number of rotatable bonds is 5. The molecule has 1 N–H and O–H groups in total. The number of nitrogens with zero attached hydrogens (tertiary/aromatic N) is 2. The van der Waals surface area contributed by atoms with Crippen molar-refractivity contribution < 1.29 is 4.39 Å². The van der Waals surface area contributed by atoms with E-state index in [2.05, 4.69) is 22.2 Å². The van der Waals surface area contributed by atoms with E-state index in [1.165, 1.54) is 12.3 Å². The molecular weight excluding hydrogens is 237 g/mol. The van der Waals surface area contributed by atoms with Gasteiger partial charge in [0.25, 0.3) is 0 Å². The molecule has 0 saturated heterocycles. The Bertz CT molecular complexity index is 484. The van der Waals surface area contributed by atoms with E-state index in [0.717, 1.165) is 35.8 Å². The average molecular weight is 251 g/mol. The Morgan fingerprint density at radius 1 is 1.41 bits per heavy atom. The molecule has 17 heavy (non-hydrogen) atoms. The lowest BCUT2D eigenvalue weighted by Crippen LogP contribution is -2.13. The van der Waals surface area contributed by atoms with Gasteiger partial charge in [0.1, 0.15) is 10.8 Å². The molecule has 0 unspecified atom stereocenters. The van der Waals surface area contributed by atoms with Gasteiger partial charge in [-0.2, -0.15) is 0 Å². The zero-order chi connectivity index (χ0) is 12.1. The first-order valence-electron chi connectivity index (χ1n) is 5.55. The molecule has 5 heteroatoms. The van der Waals surface area contributed by atoms with E-state index in [9.17, 15) is 4.39 Å². The second-order valence-electron chi connectivity index (χ2n) is 3.70. The molecule has 0 spiro atoms. The molecule has 0 atom stereocenters. The van der Waals surface area contributed by atoms with E-state index >= 15 is 0 Å². The molecule has 0 radical (unpaired) electrons. The van der Waals surface area contributed by atoms with Crippen molar-refractivity contribution in [2.75, 3.05) is 6.54 Å². The first-order valence-corrected chi connectivity index (χ1v) is 6.43. The largest absolute Gasteiger partial charge is 0.310 e. The minimum atomic E-state index is -0.332. The molecule has 0 aliphatic rings. The highest BCUT2D eigenvalue weighted by Crippen LogP contribution is 2.21. The highest BCUT2D eigenvalue weighted by atomic mass is 32.1. The molecule has 0 bridgehead atoms. The van der Waals surface area contributed by atoms with Gasteiger partial charge in [-0.15, -0.1) is 11.3 Å². The number of pyridine rings is 1. The van der Waals surface area contributed by atoms with Crippen LogP contribution in [0.25, 0.3) is 11.3 Å². The molecule has 2 heterocycles. The van der Waals surface area contributed by atoms with Gasteiger partial charge in [0.15, 0.2) is 0 Å². The third-order valence-electron chi connectivity index (χ3n) is 2.26. The van der Waals surface area contributed by atoms with Crippen LogP contribution in [-0.4, -0.2) is 16.5 Å². The van der Waals surface area contributed by atoms with Gasteiger partial charge in [0.2, 0.25) is 0 Å². The first kappa shape index (κ1) is 12.1. The molecule has 0 aromatic carbocycles. The quantitative estimate of drug-likeness (QED) is 0.830. The summed E-state index contributed by atoms with van der Waals surface area (Å²) in [6.45, 7) is 3.87.